The lowest BCUT2D eigenvalue weighted by Gasteiger charge is -2.16. The number of nitrogens with zero attached hydrogens (tertiary/aromatic N) is 1. The molecule has 0 radical (unpaired) electrons. The molecular weight excluding hydrogens is 240 g/mol. The van der Waals surface area contributed by atoms with Crippen molar-refractivity contribution in [3.63, 3.8) is 0 Å². The number of rotatable bonds is 3. The topological polar surface area (TPSA) is 82.2 Å². The molecule has 0 fully saturated rings. The molecule has 5 nitrogen and oxygen atoms in total. The number of nitrogens with two attached hydrogens (primary N) is 1. The van der Waals surface area contributed by atoms with Crippen LogP contribution in [0.2, 0.25) is 0 Å². The first-order valence-electron chi connectivity index (χ1n) is 5.46. The smallest absolute Gasteiger partial charge is 0.271 e. The SMILES string of the molecule is CCS(=O)(=O)c1c(N)cc(C)n(C(C)C)c1=O. The van der Waals surface area contributed by atoms with Gasteiger partial charge in [-0.3, -0.25) is 4.79 Å². The quantitative estimate of drug-likeness (QED) is 0.880. The zero-order valence-electron chi connectivity index (χ0n) is 10.5. The molecule has 0 aromatic carbocycles. The molecule has 2 N–H and O–H groups in total. The molecule has 0 unspecified atom stereocenters. The summed E-state index contributed by atoms with van der Waals surface area (Å²) in [4.78, 5) is 11.9. The summed E-state index contributed by atoms with van der Waals surface area (Å²) in [5, 5.41) is 0. The van der Waals surface area contributed by atoms with Gasteiger partial charge in [0, 0.05) is 11.7 Å². The standard InChI is InChI=1S/C11H18N2O3S/c1-5-17(15,16)10-9(12)6-8(4)13(7(2)3)11(10)14/h6-7H,5,12H2,1-4H3. The van der Waals surface area contributed by atoms with Gasteiger partial charge in [0.05, 0.1) is 11.4 Å². The minimum Gasteiger partial charge on any atom is -0.397 e. The first kappa shape index (κ1) is 13.8. The highest BCUT2D eigenvalue weighted by Gasteiger charge is 2.23. The molecule has 0 saturated carbocycles. The van der Waals surface area contributed by atoms with Crippen molar-refractivity contribution >= 4 is 15.5 Å². The van der Waals surface area contributed by atoms with E-state index >= 15 is 0 Å². The van der Waals surface area contributed by atoms with E-state index in [0.717, 1.165) is 0 Å². The Morgan fingerprint density at radius 3 is 2.35 bits per heavy atom. The van der Waals surface area contributed by atoms with Gasteiger partial charge in [-0.25, -0.2) is 8.42 Å². The molecule has 1 aromatic rings. The van der Waals surface area contributed by atoms with Crippen molar-refractivity contribution in [3.8, 4) is 0 Å². The molecule has 0 aliphatic rings. The molecule has 0 spiro atoms. The Labute approximate surface area is 101 Å². The van der Waals surface area contributed by atoms with E-state index in [1.54, 1.807) is 6.92 Å². The molecule has 1 rings (SSSR count). The number of anilines is 1. The summed E-state index contributed by atoms with van der Waals surface area (Å²) in [5.74, 6) is -0.131. The van der Waals surface area contributed by atoms with Crippen LogP contribution in [0.25, 0.3) is 0 Å². The summed E-state index contributed by atoms with van der Waals surface area (Å²) in [6.07, 6.45) is 0. The highest BCUT2D eigenvalue weighted by Crippen LogP contribution is 2.18. The molecule has 17 heavy (non-hydrogen) atoms. The number of hydrogen-bond donors (Lipinski definition) is 1. The number of pyridine rings is 1. The Bertz CT molecular complexity index is 585. The van der Waals surface area contributed by atoms with Crippen molar-refractivity contribution in [2.24, 2.45) is 0 Å². The molecule has 0 bridgehead atoms. The maximum Gasteiger partial charge on any atom is 0.271 e. The van der Waals surface area contributed by atoms with Crippen molar-refractivity contribution in [2.75, 3.05) is 11.5 Å². The van der Waals surface area contributed by atoms with E-state index in [-0.39, 0.29) is 22.4 Å². The zero-order chi connectivity index (χ0) is 13.4. The van der Waals surface area contributed by atoms with E-state index in [2.05, 4.69) is 0 Å². The van der Waals surface area contributed by atoms with Gasteiger partial charge in [0.1, 0.15) is 0 Å². The Morgan fingerprint density at radius 1 is 1.41 bits per heavy atom. The zero-order valence-corrected chi connectivity index (χ0v) is 11.3. The molecular formula is C11H18N2O3S. The van der Waals surface area contributed by atoms with Gasteiger partial charge in [-0.15, -0.1) is 0 Å². The maximum absolute atomic E-state index is 12.2. The highest BCUT2D eigenvalue weighted by atomic mass is 32.2. The van der Waals surface area contributed by atoms with Crippen LogP contribution in [0.4, 0.5) is 5.69 Å². The largest absolute Gasteiger partial charge is 0.397 e. The molecule has 0 saturated heterocycles. The predicted molar refractivity (Wildman–Crippen MR) is 68.0 cm³/mol. The Morgan fingerprint density at radius 2 is 1.94 bits per heavy atom. The fourth-order valence-corrected chi connectivity index (χ4v) is 2.92. The van der Waals surface area contributed by atoms with Crippen molar-refractivity contribution in [1.29, 1.82) is 0 Å². The third-order valence-electron chi connectivity index (χ3n) is 2.63. The lowest BCUT2D eigenvalue weighted by Crippen LogP contribution is -2.30. The van der Waals surface area contributed by atoms with Crippen LogP contribution in [0.1, 0.15) is 32.5 Å². The average Bonchev–Trinajstić information content (AvgIpc) is 2.15. The van der Waals surface area contributed by atoms with E-state index in [1.807, 2.05) is 13.8 Å². The monoisotopic (exact) mass is 258 g/mol. The summed E-state index contributed by atoms with van der Waals surface area (Å²) in [7, 11) is -3.59. The second-order valence-corrected chi connectivity index (χ2v) is 6.46. The van der Waals surface area contributed by atoms with Crippen LogP contribution in [0.5, 0.6) is 0 Å². The van der Waals surface area contributed by atoms with Crippen LogP contribution in [0, 0.1) is 6.92 Å². The summed E-state index contributed by atoms with van der Waals surface area (Å²) in [6.45, 7) is 6.88. The van der Waals surface area contributed by atoms with Gasteiger partial charge >= 0.3 is 0 Å². The van der Waals surface area contributed by atoms with Crippen molar-refractivity contribution < 1.29 is 8.42 Å². The van der Waals surface area contributed by atoms with Gasteiger partial charge in [0.2, 0.25) is 0 Å². The van der Waals surface area contributed by atoms with Gasteiger partial charge in [0.25, 0.3) is 5.56 Å². The Kier molecular flexibility index (Phi) is 3.66. The third kappa shape index (κ3) is 2.36. The Balaban J connectivity index is 3.77. The number of aryl methyl sites for hydroxylation is 1. The third-order valence-corrected chi connectivity index (χ3v) is 4.42. The molecule has 0 amide bonds. The molecule has 0 atom stereocenters. The molecule has 1 aromatic heterocycles. The Hall–Kier alpha value is -1.30. The fraction of sp³-hybridized carbons (Fsp3) is 0.545. The van der Waals surface area contributed by atoms with E-state index < -0.39 is 15.4 Å². The molecule has 0 aliphatic heterocycles. The van der Waals surface area contributed by atoms with Crippen LogP contribution in [0.15, 0.2) is 15.8 Å². The van der Waals surface area contributed by atoms with Gasteiger partial charge in [-0.1, -0.05) is 6.92 Å². The minimum atomic E-state index is -3.59. The molecule has 0 aliphatic carbocycles. The van der Waals surface area contributed by atoms with Gasteiger partial charge in [-0.2, -0.15) is 0 Å². The number of sulfone groups is 1. The van der Waals surface area contributed by atoms with Crippen molar-refractivity contribution in [3.05, 3.63) is 22.1 Å². The summed E-state index contributed by atoms with van der Waals surface area (Å²) in [5.41, 5.74) is 5.83. The first-order chi connectivity index (χ1) is 7.72. The van der Waals surface area contributed by atoms with Gasteiger partial charge in [-0.05, 0) is 26.8 Å². The second kappa shape index (κ2) is 4.52. The summed E-state index contributed by atoms with van der Waals surface area (Å²) in [6, 6.07) is 1.43. The summed E-state index contributed by atoms with van der Waals surface area (Å²) < 4.78 is 25.1. The van der Waals surface area contributed by atoms with Gasteiger partial charge < -0.3 is 10.3 Å². The maximum atomic E-state index is 12.2. The lowest BCUT2D eigenvalue weighted by molar-refractivity contribution is 0.548. The average molecular weight is 258 g/mol. The highest BCUT2D eigenvalue weighted by molar-refractivity contribution is 7.91. The normalized spacial score (nSPS) is 12.1. The van der Waals surface area contributed by atoms with Crippen LogP contribution >= 0.6 is 0 Å². The molecule has 1 heterocycles. The second-order valence-electron chi connectivity index (χ2n) is 4.24. The predicted octanol–water partition coefficient (Wildman–Crippen LogP) is 1.11. The van der Waals surface area contributed by atoms with Crippen LogP contribution < -0.4 is 11.3 Å². The van der Waals surface area contributed by atoms with E-state index in [0.29, 0.717) is 5.69 Å². The van der Waals surface area contributed by atoms with E-state index in [9.17, 15) is 13.2 Å². The van der Waals surface area contributed by atoms with Gasteiger partial charge in [0.15, 0.2) is 14.7 Å². The van der Waals surface area contributed by atoms with Crippen molar-refractivity contribution in [2.45, 2.75) is 38.6 Å². The fourth-order valence-electron chi connectivity index (χ4n) is 1.85. The van der Waals surface area contributed by atoms with Crippen LogP contribution in [-0.4, -0.2) is 18.7 Å². The van der Waals surface area contributed by atoms with E-state index in [4.69, 9.17) is 5.73 Å². The van der Waals surface area contributed by atoms with Crippen LogP contribution in [-0.2, 0) is 9.84 Å². The lowest BCUT2D eigenvalue weighted by atomic mass is 10.2. The summed E-state index contributed by atoms with van der Waals surface area (Å²) >= 11 is 0. The van der Waals surface area contributed by atoms with Crippen molar-refractivity contribution in [1.82, 2.24) is 4.57 Å². The van der Waals surface area contributed by atoms with E-state index in [1.165, 1.54) is 17.6 Å². The number of aromatic nitrogens is 1. The molecule has 6 heteroatoms. The molecule has 96 valence electrons. The first-order valence-corrected chi connectivity index (χ1v) is 7.12. The number of nitrogen functional groups attached to an aromatic ring is 1. The number of hydrogen-bond acceptors (Lipinski definition) is 4. The minimum absolute atomic E-state index is 0.0336. The van der Waals surface area contributed by atoms with Crippen LogP contribution in [0.3, 0.4) is 0 Å².